The average molecular weight is 355 g/mol. The molecule has 1 aromatic heterocycles. The Morgan fingerprint density at radius 3 is 2.73 bits per heavy atom. The average Bonchev–Trinajstić information content (AvgIpc) is 3.15. The molecule has 0 saturated carbocycles. The van der Waals surface area contributed by atoms with Gasteiger partial charge in [0.05, 0.1) is 26.5 Å². The van der Waals surface area contributed by atoms with Gasteiger partial charge in [-0.25, -0.2) is 4.79 Å². The zero-order valence-electron chi connectivity index (χ0n) is 14.2. The van der Waals surface area contributed by atoms with E-state index in [1.165, 1.54) is 20.3 Å². The Morgan fingerprint density at radius 2 is 2.08 bits per heavy atom. The summed E-state index contributed by atoms with van der Waals surface area (Å²) in [7, 11) is 3.02. The minimum atomic E-state index is -0.731. The number of hydrogen-bond acceptors (Lipinski definition) is 6. The summed E-state index contributed by atoms with van der Waals surface area (Å²) in [5.74, 6) is 0.642. The van der Waals surface area contributed by atoms with Crippen molar-refractivity contribution in [3.63, 3.8) is 0 Å². The molecule has 2 heterocycles. The summed E-state index contributed by atoms with van der Waals surface area (Å²) >= 11 is 0. The number of aromatic hydroxyl groups is 1. The molecule has 0 bridgehead atoms. The third-order valence-electron chi connectivity index (χ3n) is 3.89. The van der Waals surface area contributed by atoms with E-state index < -0.39 is 17.1 Å². The van der Waals surface area contributed by atoms with Gasteiger partial charge in [0.15, 0.2) is 0 Å². The van der Waals surface area contributed by atoms with Crippen LogP contribution in [0.15, 0.2) is 50.6 Å². The van der Waals surface area contributed by atoms with Gasteiger partial charge in [-0.15, -0.1) is 0 Å². The largest absolute Gasteiger partial charge is 0.497 e. The van der Waals surface area contributed by atoms with E-state index in [0.717, 1.165) is 4.57 Å². The number of allylic oxidation sites excluding steroid dienone is 2. The Bertz CT molecular complexity index is 1030. The Hall–Kier alpha value is -3.55. The molecule has 1 aliphatic rings. The number of benzene rings is 1. The predicted molar refractivity (Wildman–Crippen MR) is 97.2 cm³/mol. The van der Waals surface area contributed by atoms with Crippen molar-refractivity contribution in [3.05, 3.63) is 68.0 Å². The van der Waals surface area contributed by atoms with Crippen LogP contribution < -0.4 is 20.7 Å². The van der Waals surface area contributed by atoms with Crippen molar-refractivity contribution in [3.8, 4) is 17.4 Å². The highest BCUT2D eigenvalue weighted by atomic mass is 16.5. The number of nitrogens with one attached hydrogen (secondary N) is 1. The second-order valence-electron chi connectivity index (χ2n) is 5.47. The second kappa shape index (κ2) is 7.14. The molecular weight excluding hydrogens is 338 g/mol. The van der Waals surface area contributed by atoms with Crippen molar-refractivity contribution in [2.24, 2.45) is 4.99 Å². The highest BCUT2D eigenvalue weighted by Gasteiger charge is 2.15. The summed E-state index contributed by atoms with van der Waals surface area (Å²) in [5.41, 5.74) is -0.372. The number of ether oxygens (including phenoxy) is 2. The molecule has 8 nitrogen and oxygen atoms in total. The SMILES string of the molecule is COc1ccc(OC)c(Cn2c(O)c(/C=C3\C=CC=N3)c(=O)[nH]c2=O)c1. The van der Waals surface area contributed by atoms with Crippen LogP contribution in [0.5, 0.6) is 17.4 Å². The molecule has 0 radical (unpaired) electrons. The molecule has 134 valence electrons. The Labute approximate surface area is 148 Å². The van der Waals surface area contributed by atoms with Gasteiger partial charge in [-0.05, 0) is 36.4 Å². The molecule has 0 spiro atoms. The van der Waals surface area contributed by atoms with E-state index in [-0.39, 0.29) is 12.1 Å². The molecule has 0 fully saturated rings. The van der Waals surface area contributed by atoms with Crippen LogP contribution in [0.25, 0.3) is 6.08 Å². The van der Waals surface area contributed by atoms with E-state index in [1.54, 1.807) is 36.6 Å². The van der Waals surface area contributed by atoms with E-state index in [4.69, 9.17) is 9.47 Å². The first kappa shape index (κ1) is 17.3. The molecule has 0 unspecified atom stereocenters. The Balaban J connectivity index is 2.10. The molecule has 3 rings (SSSR count). The van der Waals surface area contributed by atoms with E-state index in [9.17, 15) is 14.7 Å². The number of H-pyrrole nitrogens is 1. The molecule has 8 heteroatoms. The number of rotatable bonds is 5. The molecule has 26 heavy (non-hydrogen) atoms. The first-order valence-electron chi connectivity index (χ1n) is 7.73. The Kier molecular flexibility index (Phi) is 4.74. The fourth-order valence-corrected chi connectivity index (χ4v) is 2.57. The quantitative estimate of drug-likeness (QED) is 0.841. The third kappa shape index (κ3) is 3.30. The lowest BCUT2D eigenvalue weighted by Gasteiger charge is -2.14. The molecule has 1 aromatic carbocycles. The smallest absolute Gasteiger partial charge is 0.331 e. The highest BCUT2D eigenvalue weighted by molar-refractivity contribution is 5.79. The lowest BCUT2D eigenvalue weighted by Crippen LogP contribution is -2.31. The van der Waals surface area contributed by atoms with Crippen molar-refractivity contribution in [2.75, 3.05) is 14.2 Å². The van der Waals surface area contributed by atoms with Crippen LogP contribution in [-0.4, -0.2) is 35.1 Å². The minimum absolute atomic E-state index is 0.0168. The highest BCUT2D eigenvalue weighted by Crippen LogP contribution is 2.26. The number of aliphatic imine (C=N–C) groups is 1. The lowest BCUT2D eigenvalue weighted by atomic mass is 10.1. The summed E-state index contributed by atoms with van der Waals surface area (Å²) in [6.07, 6.45) is 6.36. The fourth-order valence-electron chi connectivity index (χ4n) is 2.57. The first-order chi connectivity index (χ1) is 12.5. The van der Waals surface area contributed by atoms with Gasteiger partial charge in [0, 0.05) is 11.8 Å². The molecule has 2 N–H and O–H groups in total. The van der Waals surface area contributed by atoms with Crippen molar-refractivity contribution in [1.29, 1.82) is 0 Å². The van der Waals surface area contributed by atoms with Gasteiger partial charge in [-0.2, -0.15) is 0 Å². The maximum Gasteiger partial charge on any atom is 0.331 e. The van der Waals surface area contributed by atoms with Gasteiger partial charge in [-0.1, -0.05) is 0 Å². The third-order valence-corrected chi connectivity index (χ3v) is 3.89. The maximum absolute atomic E-state index is 12.2. The summed E-state index contributed by atoms with van der Waals surface area (Å²) in [5, 5.41) is 10.5. The number of nitrogens with zero attached hydrogens (tertiary/aromatic N) is 2. The zero-order chi connectivity index (χ0) is 18.7. The number of hydrogen-bond donors (Lipinski definition) is 2. The topological polar surface area (TPSA) is 106 Å². The van der Waals surface area contributed by atoms with Crippen LogP contribution >= 0.6 is 0 Å². The summed E-state index contributed by atoms with van der Waals surface area (Å²) in [6, 6.07) is 5.11. The van der Waals surface area contributed by atoms with Gasteiger partial charge in [0.1, 0.15) is 17.1 Å². The monoisotopic (exact) mass is 355 g/mol. The number of aromatic nitrogens is 2. The summed E-state index contributed by atoms with van der Waals surface area (Å²) in [4.78, 5) is 30.5. The Morgan fingerprint density at radius 1 is 1.27 bits per heavy atom. The zero-order valence-corrected chi connectivity index (χ0v) is 14.2. The molecule has 0 saturated heterocycles. The van der Waals surface area contributed by atoms with Crippen LogP contribution in [0.1, 0.15) is 11.1 Å². The van der Waals surface area contributed by atoms with Gasteiger partial charge < -0.3 is 14.6 Å². The van der Waals surface area contributed by atoms with Gasteiger partial charge in [0.25, 0.3) is 5.56 Å². The molecular formula is C18H17N3O5. The standard InChI is InChI=1S/C18H17N3O5/c1-25-13-5-6-15(26-2)11(8-13)10-21-17(23)14(16(22)20-18(21)24)9-12-4-3-7-19-12/h3-9,23H,10H2,1-2H3,(H,20,22,24)/b12-9+. The second-order valence-corrected chi connectivity index (χ2v) is 5.47. The van der Waals surface area contributed by atoms with Crippen molar-refractivity contribution >= 4 is 12.3 Å². The predicted octanol–water partition coefficient (Wildman–Crippen LogP) is 1.29. The van der Waals surface area contributed by atoms with E-state index in [1.807, 2.05) is 0 Å². The number of aromatic amines is 1. The summed E-state index contributed by atoms with van der Waals surface area (Å²) in [6.45, 7) is -0.0168. The van der Waals surface area contributed by atoms with Gasteiger partial charge in [-0.3, -0.25) is 19.3 Å². The van der Waals surface area contributed by atoms with Crippen molar-refractivity contribution in [2.45, 2.75) is 6.54 Å². The molecule has 0 atom stereocenters. The van der Waals surface area contributed by atoms with Crippen LogP contribution in [0.2, 0.25) is 0 Å². The normalized spacial score (nSPS) is 14.2. The molecule has 2 aromatic rings. The molecule has 1 aliphatic heterocycles. The van der Waals surface area contributed by atoms with Crippen molar-refractivity contribution in [1.82, 2.24) is 9.55 Å². The van der Waals surface area contributed by atoms with E-state index in [2.05, 4.69) is 9.98 Å². The van der Waals surface area contributed by atoms with E-state index >= 15 is 0 Å². The summed E-state index contributed by atoms with van der Waals surface area (Å²) < 4.78 is 11.5. The minimum Gasteiger partial charge on any atom is -0.497 e. The van der Waals surface area contributed by atoms with Crippen LogP contribution in [-0.2, 0) is 6.54 Å². The fraction of sp³-hybridized carbons (Fsp3) is 0.167. The maximum atomic E-state index is 12.2. The molecule has 0 aliphatic carbocycles. The van der Waals surface area contributed by atoms with Crippen LogP contribution in [0, 0.1) is 0 Å². The lowest BCUT2D eigenvalue weighted by molar-refractivity contribution is 0.387. The first-order valence-corrected chi connectivity index (χ1v) is 7.73. The van der Waals surface area contributed by atoms with E-state index in [0.29, 0.717) is 22.8 Å². The van der Waals surface area contributed by atoms with Crippen molar-refractivity contribution < 1.29 is 14.6 Å². The van der Waals surface area contributed by atoms with Gasteiger partial charge >= 0.3 is 5.69 Å². The van der Waals surface area contributed by atoms with Crippen LogP contribution in [0.4, 0.5) is 0 Å². The van der Waals surface area contributed by atoms with Crippen LogP contribution in [0.3, 0.4) is 0 Å². The number of methoxy groups -OCH3 is 2. The van der Waals surface area contributed by atoms with Gasteiger partial charge in [0.2, 0.25) is 5.88 Å². The molecule has 0 amide bonds.